The molecule has 26 heavy (non-hydrogen) atoms. The maximum atomic E-state index is 12.8. The Morgan fingerprint density at radius 2 is 2.00 bits per heavy atom. The Balaban J connectivity index is 2.02. The molecule has 1 N–H and O–H groups in total. The van der Waals surface area contributed by atoms with E-state index in [1.54, 1.807) is 14.2 Å². The van der Waals surface area contributed by atoms with Crippen molar-refractivity contribution in [3.63, 3.8) is 0 Å². The second kappa shape index (κ2) is 7.87. The fourth-order valence-corrected chi connectivity index (χ4v) is 4.77. The molecule has 2 aliphatic rings. The number of likely N-dealkylation sites (tertiary alicyclic amines) is 1. The highest BCUT2D eigenvalue weighted by Crippen LogP contribution is 2.50. The average Bonchev–Trinajstić information content (AvgIpc) is 2.66. The quantitative estimate of drug-likeness (QED) is 0.869. The van der Waals surface area contributed by atoms with E-state index in [-0.39, 0.29) is 17.9 Å². The highest BCUT2D eigenvalue weighted by Gasteiger charge is 2.50. The first-order valence-electron chi connectivity index (χ1n) is 9.78. The van der Waals surface area contributed by atoms with Gasteiger partial charge < -0.3 is 19.5 Å². The summed E-state index contributed by atoms with van der Waals surface area (Å²) in [6, 6.07) is 5.77. The second-order valence-corrected chi connectivity index (χ2v) is 7.60. The molecule has 3 rings (SSSR count). The van der Waals surface area contributed by atoms with Crippen LogP contribution in [-0.4, -0.2) is 42.3 Å². The van der Waals surface area contributed by atoms with Gasteiger partial charge in [0.15, 0.2) is 11.5 Å². The van der Waals surface area contributed by atoms with Crippen LogP contribution in [0.15, 0.2) is 18.2 Å². The number of carbonyl (C=O) groups excluding carboxylic acids is 1. The smallest absolute Gasteiger partial charge is 0.223 e. The molecule has 2 fully saturated rings. The molecule has 0 spiro atoms. The van der Waals surface area contributed by atoms with Crippen LogP contribution in [0.2, 0.25) is 0 Å². The van der Waals surface area contributed by atoms with Gasteiger partial charge in [0.2, 0.25) is 5.91 Å². The number of hydrogen-bond acceptors (Lipinski definition) is 4. The lowest BCUT2D eigenvalue weighted by molar-refractivity contribution is -0.155. The molecular formula is C21H31NO4. The molecule has 5 heteroatoms. The van der Waals surface area contributed by atoms with Crippen LogP contribution in [-0.2, 0) is 4.79 Å². The molecule has 1 aromatic rings. The second-order valence-electron chi connectivity index (χ2n) is 7.60. The molecule has 1 amide bonds. The first-order valence-corrected chi connectivity index (χ1v) is 9.78. The van der Waals surface area contributed by atoms with Crippen LogP contribution in [0, 0.1) is 5.92 Å². The molecule has 0 aromatic heterocycles. The van der Waals surface area contributed by atoms with Crippen molar-refractivity contribution in [1.82, 2.24) is 4.90 Å². The summed E-state index contributed by atoms with van der Waals surface area (Å²) in [4.78, 5) is 14.8. The van der Waals surface area contributed by atoms with E-state index in [2.05, 4.69) is 0 Å². The zero-order chi connectivity index (χ0) is 18.7. The van der Waals surface area contributed by atoms with Crippen molar-refractivity contribution in [2.45, 2.75) is 63.5 Å². The van der Waals surface area contributed by atoms with E-state index in [9.17, 15) is 9.90 Å². The first kappa shape index (κ1) is 19.0. The van der Waals surface area contributed by atoms with E-state index in [4.69, 9.17) is 9.47 Å². The van der Waals surface area contributed by atoms with E-state index < -0.39 is 5.60 Å². The summed E-state index contributed by atoms with van der Waals surface area (Å²) in [7, 11) is 3.24. The lowest BCUT2D eigenvalue weighted by atomic mass is 9.66. The fourth-order valence-electron chi connectivity index (χ4n) is 4.77. The van der Waals surface area contributed by atoms with Gasteiger partial charge in [-0.25, -0.2) is 0 Å². The van der Waals surface area contributed by atoms with Crippen LogP contribution in [0.25, 0.3) is 0 Å². The molecule has 3 atom stereocenters. The van der Waals surface area contributed by atoms with Gasteiger partial charge in [0.1, 0.15) is 0 Å². The third-order valence-corrected chi connectivity index (χ3v) is 6.10. The average molecular weight is 361 g/mol. The lowest BCUT2D eigenvalue weighted by Crippen LogP contribution is -2.56. The van der Waals surface area contributed by atoms with Gasteiger partial charge in [0.25, 0.3) is 0 Å². The van der Waals surface area contributed by atoms with Crippen molar-refractivity contribution in [3.05, 3.63) is 23.8 Å². The third-order valence-electron chi connectivity index (χ3n) is 6.10. The van der Waals surface area contributed by atoms with Crippen molar-refractivity contribution >= 4 is 5.91 Å². The van der Waals surface area contributed by atoms with E-state index in [1.807, 2.05) is 30.0 Å². The minimum absolute atomic E-state index is 0.0731. The zero-order valence-electron chi connectivity index (χ0n) is 16.2. The Kier molecular flexibility index (Phi) is 5.76. The summed E-state index contributed by atoms with van der Waals surface area (Å²) in [5.74, 6) is 1.60. The van der Waals surface area contributed by atoms with Gasteiger partial charge in [-0.2, -0.15) is 0 Å². The Morgan fingerprint density at radius 1 is 1.23 bits per heavy atom. The van der Waals surface area contributed by atoms with Crippen molar-refractivity contribution in [2.75, 3.05) is 20.8 Å². The molecule has 1 aliphatic heterocycles. The number of carbonyl (C=O) groups is 1. The minimum atomic E-state index is -0.668. The number of fused-ring (bicyclic) bond motifs is 1. The molecule has 1 saturated heterocycles. The predicted molar refractivity (Wildman–Crippen MR) is 100 cm³/mol. The summed E-state index contributed by atoms with van der Waals surface area (Å²) >= 11 is 0. The summed E-state index contributed by atoms with van der Waals surface area (Å²) < 4.78 is 10.8. The van der Waals surface area contributed by atoms with Gasteiger partial charge in [-0.15, -0.1) is 0 Å². The molecule has 144 valence electrons. The minimum Gasteiger partial charge on any atom is -0.493 e. The number of amides is 1. The van der Waals surface area contributed by atoms with Crippen LogP contribution in [0.4, 0.5) is 0 Å². The summed E-state index contributed by atoms with van der Waals surface area (Å²) in [6.07, 6.45) is 6.01. The SMILES string of the molecule is CCCC(=O)N1CCC2(O)CCCCC2C1c1ccc(OC)c(OC)c1. The molecule has 3 unspecified atom stereocenters. The number of benzene rings is 1. The monoisotopic (exact) mass is 361 g/mol. The van der Waals surface area contributed by atoms with E-state index in [0.29, 0.717) is 30.9 Å². The standard InChI is InChI=1S/C21H31NO4/c1-4-7-19(23)22-13-12-21(24)11-6-5-8-16(21)20(22)15-9-10-17(25-2)18(14-15)26-3/h9-10,14,16,20,24H,4-8,11-13H2,1-3H3. The van der Waals surface area contributed by atoms with Gasteiger partial charge in [-0.1, -0.05) is 25.8 Å². The third kappa shape index (κ3) is 3.41. The maximum Gasteiger partial charge on any atom is 0.223 e. The Hall–Kier alpha value is -1.75. The van der Waals surface area contributed by atoms with Crippen molar-refractivity contribution < 1.29 is 19.4 Å². The molecule has 1 aliphatic carbocycles. The summed E-state index contributed by atoms with van der Waals surface area (Å²) in [5.41, 5.74) is 0.358. The number of piperidine rings is 1. The highest BCUT2D eigenvalue weighted by atomic mass is 16.5. The maximum absolute atomic E-state index is 12.8. The van der Waals surface area contributed by atoms with Crippen LogP contribution in [0.1, 0.15) is 63.5 Å². The molecule has 5 nitrogen and oxygen atoms in total. The molecule has 1 heterocycles. The first-order chi connectivity index (χ1) is 12.5. The lowest BCUT2D eigenvalue weighted by Gasteiger charge is -2.52. The molecule has 1 saturated carbocycles. The number of hydrogen-bond donors (Lipinski definition) is 1. The van der Waals surface area contributed by atoms with Gasteiger partial charge in [0, 0.05) is 18.9 Å². The highest BCUT2D eigenvalue weighted by molar-refractivity contribution is 5.77. The van der Waals surface area contributed by atoms with Crippen molar-refractivity contribution in [1.29, 1.82) is 0 Å². The summed E-state index contributed by atoms with van der Waals surface area (Å²) in [5, 5.41) is 11.3. The molecule has 0 bridgehead atoms. The van der Waals surface area contributed by atoms with Gasteiger partial charge in [0.05, 0.1) is 25.9 Å². The van der Waals surface area contributed by atoms with Gasteiger partial charge in [-0.3, -0.25) is 4.79 Å². The molecular weight excluding hydrogens is 330 g/mol. The van der Waals surface area contributed by atoms with Crippen LogP contribution < -0.4 is 9.47 Å². The van der Waals surface area contributed by atoms with Gasteiger partial charge in [-0.05, 0) is 43.4 Å². The number of methoxy groups -OCH3 is 2. The van der Waals surface area contributed by atoms with E-state index >= 15 is 0 Å². The van der Waals surface area contributed by atoms with Crippen molar-refractivity contribution in [2.24, 2.45) is 5.92 Å². The summed E-state index contributed by atoms with van der Waals surface area (Å²) in [6.45, 7) is 2.65. The van der Waals surface area contributed by atoms with Crippen molar-refractivity contribution in [3.8, 4) is 11.5 Å². The van der Waals surface area contributed by atoms with Crippen LogP contribution >= 0.6 is 0 Å². The normalized spacial score (nSPS) is 28.4. The Labute approximate surface area is 156 Å². The Bertz CT molecular complexity index is 647. The number of aliphatic hydroxyl groups is 1. The number of rotatable bonds is 5. The van der Waals surface area contributed by atoms with E-state index in [1.165, 1.54) is 0 Å². The number of ether oxygens (including phenoxy) is 2. The zero-order valence-corrected chi connectivity index (χ0v) is 16.2. The van der Waals surface area contributed by atoms with Crippen LogP contribution in [0.5, 0.6) is 11.5 Å². The number of nitrogens with zero attached hydrogens (tertiary/aromatic N) is 1. The fraction of sp³-hybridized carbons (Fsp3) is 0.667. The largest absolute Gasteiger partial charge is 0.493 e. The topological polar surface area (TPSA) is 59.0 Å². The van der Waals surface area contributed by atoms with Gasteiger partial charge >= 0.3 is 0 Å². The molecule has 0 radical (unpaired) electrons. The van der Waals surface area contributed by atoms with E-state index in [0.717, 1.165) is 37.7 Å². The molecule has 1 aromatic carbocycles. The van der Waals surface area contributed by atoms with Crippen LogP contribution in [0.3, 0.4) is 0 Å². The Morgan fingerprint density at radius 3 is 2.69 bits per heavy atom. The predicted octanol–water partition coefficient (Wildman–Crippen LogP) is 3.70.